The predicted molar refractivity (Wildman–Crippen MR) is 53.8 cm³/mol. The number of benzene rings is 1. The summed E-state index contributed by atoms with van der Waals surface area (Å²) in [7, 11) is 0. The van der Waals surface area contributed by atoms with Gasteiger partial charge in [0.1, 0.15) is 0 Å². The van der Waals surface area contributed by atoms with Crippen LogP contribution in [0.3, 0.4) is 0 Å². The number of hydrazone groups is 1. The Morgan fingerprint density at radius 3 is 2.71 bits per heavy atom. The summed E-state index contributed by atoms with van der Waals surface area (Å²) in [6.07, 6.45) is -2.63. The van der Waals surface area contributed by atoms with E-state index in [1.165, 1.54) is 23.0 Å². The molecule has 0 spiro atoms. The van der Waals surface area contributed by atoms with Crippen molar-refractivity contribution in [1.82, 2.24) is 0 Å². The lowest BCUT2D eigenvalue weighted by molar-refractivity contribution is -0.519. The lowest BCUT2D eigenvalue weighted by Crippen LogP contribution is -2.13. The van der Waals surface area contributed by atoms with E-state index in [0.717, 1.165) is 12.1 Å². The van der Waals surface area contributed by atoms with Gasteiger partial charge in [-0.25, -0.2) is 0 Å². The van der Waals surface area contributed by atoms with Crippen molar-refractivity contribution in [3.8, 4) is 0 Å². The first-order valence-corrected chi connectivity index (χ1v) is 4.98. The van der Waals surface area contributed by atoms with Gasteiger partial charge in [0.25, 0.3) is 0 Å². The van der Waals surface area contributed by atoms with Crippen LogP contribution in [0.15, 0.2) is 29.4 Å². The maximum absolute atomic E-state index is 12.4. The number of halogens is 3. The van der Waals surface area contributed by atoms with Gasteiger partial charge < -0.3 is 5.11 Å². The van der Waals surface area contributed by atoms with Crippen molar-refractivity contribution >= 4 is 12.1 Å². The first-order chi connectivity index (χ1) is 7.95. The molecule has 90 valence electrons. The van der Waals surface area contributed by atoms with E-state index in [0.29, 0.717) is 18.5 Å². The Bertz CT molecular complexity index is 492. The van der Waals surface area contributed by atoms with Gasteiger partial charge in [-0.1, -0.05) is 10.8 Å². The predicted octanol–water partition coefficient (Wildman–Crippen LogP) is 1.21. The van der Waals surface area contributed by atoms with Crippen LogP contribution in [0, 0.1) is 0 Å². The van der Waals surface area contributed by atoms with E-state index in [1.807, 2.05) is 0 Å². The molecule has 0 radical (unpaired) electrons. The molecule has 17 heavy (non-hydrogen) atoms. The van der Waals surface area contributed by atoms with E-state index in [1.54, 1.807) is 0 Å². The van der Waals surface area contributed by atoms with Crippen LogP contribution >= 0.6 is 0 Å². The molecule has 0 saturated heterocycles. The lowest BCUT2D eigenvalue weighted by Gasteiger charge is -2.05. The van der Waals surface area contributed by atoms with Crippen LogP contribution in [0.5, 0.6) is 0 Å². The molecule has 0 saturated carbocycles. The van der Waals surface area contributed by atoms with E-state index in [9.17, 15) is 18.3 Å². The van der Waals surface area contributed by atoms with Gasteiger partial charge in [0.2, 0.25) is 6.21 Å². The van der Waals surface area contributed by atoms with Gasteiger partial charge in [0.05, 0.1) is 5.56 Å². The van der Waals surface area contributed by atoms with Gasteiger partial charge >= 0.3 is 6.18 Å². The number of hydrogen-bond acceptors (Lipinski definition) is 2. The molecule has 0 atom stereocenters. The number of hydrogen-bond donors (Lipinski definition) is 0. The van der Waals surface area contributed by atoms with E-state index >= 15 is 0 Å². The summed E-state index contributed by atoms with van der Waals surface area (Å²) in [6.45, 7) is 0.412. The number of rotatable bonds is 1. The molecule has 1 aromatic carbocycles. The van der Waals surface area contributed by atoms with Crippen LogP contribution in [0.2, 0.25) is 0 Å². The van der Waals surface area contributed by atoms with Crippen molar-refractivity contribution in [3.63, 3.8) is 0 Å². The van der Waals surface area contributed by atoms with Crippen LogP contribution in [0.4, 0.5) is 13.2 Å². The highest BCUT2D eigenvalue weighted by Crippen LogP contribution is 2.29. The second kappa shape index (κ2) is 4.20. The zero-order chi connectivity index (χ0) is 12.5. The molecule has 1 aliphatic rings. The Hall–Kier alpha value is -1.85. The topological polar surface area (TPSA) is 38.4 Å². The molecule has 2 rings (SSSR count). The average molecular weight is 242 g/mol. The molecule has 1 aromatic rings. The fourth-order valence-corrected chi connectivity index (χ4v) is 1.51. The largest absolute Gasteiger partial charge is 0.857 e. The van der Waals surface area contributed by atoms with Gasteiger partial charge in [0, 0.05) is 17.9 Å². The van der Waals surface area contributed by atoms with Gasteiger partial charge in [-0.2, -0.15) is 13.2 Å². The summed E-state index contributed by atoms with van der Waals surface area (Å²) in [4.78, 5) is 0. The van der Waals surface area contributed by atoms with Crippen LogP contribution in [0.25, 0.3) is 0 Å². The molecule has 0 bridgehead atoms. The van der Waals surface area contributed by atoms with Crippen LogP contribution in [-0.4, -0.2) is 23.3 Å². The normalized spacial score (nSPS) is 18.5. The highest BCUT2D eigenvalue weighted by atomic mass is 19.4. The Morgan fingerprint density at radius 1 is 1.35 bits per heavy atom. The summed E-state index contributed by atoms with van der Waals surface area (Å²) in [5.74, 6) is -0.256. The van der Waals surface area contributed by atoms with Crippen LogP contribution in [0.1, 0.15) is 17.5 Å². The fraction of sp³-hybridized carbons (Fsp3) is 0.273. The van der Waals surface area contributed by atoms with Gasteiger partial charge in [-0.15, -0.1) is 0 Å². The van der Waals surface area contributed by atoms with Crippen molar-refractivity contribution < 1.29 is 23.0 Å². The highest BCUT2D eigenvalue weighted by Gasteiger charge is 2.30. The molecular formula is C11H9F3N2O. The second-order valence-corrected chi connectivity index (χ2v) is 3.66. The first kappa shape index (κ1) is 11.6. The molecular weight excluding hydrogens is 233 g/mol. The third-order valence-corrected chi connectivity index (χ3v) is 2.31. The summed E-state index contributed by atoms with van der Waals surface area (Å²) in [6, 6.07) is 4.89. The van der Waals surface area contributed by atoms with E-state index in [4.69, 9.17) is 0 Å². The quantitative estimate of drug-likeness (QED) is 0.682. The smallest absolute Gasteiger partial charge is 0.416 e. The fourth-order valence-electron chi connectivity index (χ4n) is 1.51. The standard InChI is InChI=1S/C11H9F3N2O/c12-11(13,14)9-3-1-2-8(6-9)7-16-5-4-10(17)15-16/h1-3,6-7H,4-5H2/b16-7+. The molecule has 1 aliphatic heterocycles. The third-order valence-electron chi connectivity index (χ3n) is 2.31. The minimum Gasteiger partial charge on any atom is -0.857 e. The summed E-state index contributed by atoms with van der Waals surface area (Å²) in [5.41, 5.74) is -0.338. The number of alkyl halides is 3. The van der Waals surface area contributed by atoms with Crippen LogP contribution < -0.4 is 5.11 Å². The summed E-state index contributed by atoms with van der Waals surface area (Å²) >= 11 is 0. The Kier molecular flexibility index (Phi) is 2.87. The second-order valence-electron chi connectivity index (χ2n) is 3.66. The molecule has 6 heteroatoms. The Balaban J connectivity index is 2.29. The third kappa shape index (κ3) is 2.83. The lowest BCUT2D eigenvalue weighted by atomic mass is 10.1. The Morgan fingerprint density at radius 2 is 2.12 bits per heavy atom. The van der Waals surface area contributed by atoms with Gasteiger partial charge in [-0.05, 0) is 23.3 Å². The summed E-state index contributed by atoms with van der Waals surface area (Å²) in [5, 5.41) is 14.5. The molecule has 0 N–H and O–H groups in total. The van der Waals surface area contributed by atoms with Crippen molar-refractivity contribution in [1.29, 1.82) is 0 Å². The summed E-state index contributed by atoms with van der Waals surface area (Å²) < 4.78 is 38.7. The zero-order valence-electron chi connectivity index (χ0n) is 8.74. The van der Waals surface area contributed by atoms with Crippen molar-refractivity contribution in [2.45, 2.75) is 12.6 Å². The molecule has 0 unspecified atom stereocenters. The van der Waals surface area contributed by atoms with Crippen molar-refractivity contribution in [2.24, 2.45) is 5.10 Å². The molecule has 0 amide bonds. The average Bonchev–Trinajstić information content (AvgIpc) is 2.63. The molecule has 1 heterocycles. The minimum atomic E-state index is -4.36. The molecule has 0 fully saturated rings. The number of nitrogens with zero attached hydrogens (tertiary/aromatic N) is 2. The van der Waals surface area contributed by atoms with Gasteiger partial charge in [-0.3, -0.25) is 0 Å². The molecule has 0 aromatic heterocycles. The van der Waals surface area contributed by atoms with Gasteiger partial charge in [0.15, 0.2) is 6.54 Å². The van der Waals surface area contributed by atoms with Crippen molar-refractivity contribution in [2.75, 3.05) is 6.54 Å². The first-order valence-electron chi connectivity index (χ1n) is 4.98. The molecule has 3 nitrogen and oxygen atoms in total. The maximum atomic E-state index is 12.4. The van der Waals surface area contributed by atoms with Crippen LogP contribution in [-0.2, 0) is 6.18 Å². The Labute approximate surface area is 95.5 Å². The zero-order valence-corrected chi connectivity index (χ0v) is 8.74. The highest BCUT2D eigenvalue weighted by molar-refractivity contribution is 5.77. The van der Waals surface area contributed by atoms with E-state index in [-0.39, 0.29) is 5.90 Å². The van der Waals surface area contributed by atoms with Crippen molar-refractivity contribution in [3.05, 3.63) is 35.4 Å². The van der Waals surface area contributed by atoms with E-state index in [2.05, 4.69) is 5.10 Å². The van der Waals surface area contributed by atoms with E-state index < -0.39 is 11.7 Å². The molecule has 0 aliphatic carbocycles. The minimum absolute atomic E-state index is 0.256. The SMILES string of the molecule is [O-]C1=N/[N+](=C/c2cccc(C(F)(F)F)c2)CC1. The monoisotopic (exact) mass is 242 g/mol. The maximum Gasteiger partial charge on any atom is 0.416 e.